The second-order valence-electron chi connectivity index (χ2n) is 8.55. The molecule has 1 unspecified atom stereocenters. The number of carboxylic acids is 1. The number of aromatic nitrogens is 1. The summed E-state index contributed by atoms with van der Waals surface area (Å²) in [6.07, 6.45) is -0.717. The number of hydrogen-bond donors (Lipinski definition) is 6. The van der Waals surface area contributed by atoms with Crippen LogP contribution in [0.15, 0.2) is 5.38 Å². The third kappa shape index (κ3) is 6.35. The molecule has 3 amide bonds. The lowest BCUT2D eigenvalue weighted by Crippen LogP contribution is -2.72. The Balaban J connectivity index is 2.22. The predicted molar refractivity (Wildman–Crippen MR) is 112 cm³/mol. The minimum Gasteiger partial charge on any atom is -0.480 e. The number of anilines is 1. The van der Waals surface area contributed by atoms with Crippen LogP contribution in [0, 0.1) is 0 Å². The lowest BCUT2D eigenvalue weighted by Gasteiger charge is -2.37. The molecule has 31 heavy (non-hydrogen) atoms. The number of ether oxygens (including phenoxy) is 1. The zero-order valence-corrected chi connectivity index (χ0v) is 18.8. The molecule has 0 bridgehead atoms. The molecule has 0 saturated carbocycles. The van der Waals surface area contributed by atoms with E-state index in [0.29, 0.717) is 0 Å². The van der Waals surface area contributed by atoms with Gasteiger partial charge in [0.1, 0.15) is 23.2 Å². The van der Waals surface area contributed by atoms with Crippen molar-refractivity contribution in [3.8, 4) is 0 Å². The molecule has 0 spiro atoms. The van der Waals surface area contributed by atoms with E-state index in [-0.39, 0.29) is 23.3 Å². The number of nitrogens with two attached hydrogens (primary N) is 1. The molecule has 1 saturated heterocycles. The third-order valence-corrected chi connectivity index (χ3v) is 5.07. The van der Waals surface area contributed by atoms with Crippen LogP contribution in [0.25, 0.3) is 0 Å². The molecule has 0 aromatic carbocycles. The van der Waals surface area contributed by atoms with Crippen molar-refractivity contribution >= 4 is 40.3 Å². The van der Waals surface area contributed by atoms with Crippen molar-refractivity contribution < 1.29 is 29.0 Å². The van der Waals surface area contributed by atoms with Crippen LogP contribution < -0.4 is 27.0 Å². The molecule has 1 aromatic rings. The van der Waals surface area contributed by atoms with Crippen LogP contribution in [0.1, 0.15) is 46.4 Å². The summed E-state index contributed by atoms with van der Waals surface area (Å²) in [5.74, 6) is -2.22. The molecule has 1 aliphatic heterocycles. The van der Waals surface area contributed by atoms with Crippen LogP contribution in [-0.4, -0.2) is 63.7 Å². The smallest absolute Gasteiger partial charge is 0.413 e. The molecule has 1 aliphatic rings. The predicted octanol–water partition coefficient (Wildman–Crippen LogP) is -0.0741. The topological polar surface area (TPSA) is 185 Å². The van der Waals surface area contributed by atoms with Crippen LogP contribution in [-0.2, 0) is 19.1 Å². The molecule has 7 N–H and O–H groups in total. The van der Waals surface area contributed by atoms with Gasteiger partial charge in [0.2, 0.25) is 11.8 Å². The highest BCUT2D eigenvalue weighted by molar-refractivity contribution is 7.13. The van der Waals surface area contributed by atoms with Gasteiger partial charge < -0.3 is 26.2 Å². The van der Waals surface area contributed by atoms with Gasteiger partial charge in [0.25, 0.3) is 0 Å². The lowest BCUT2D eigenvalue weighted by atomic mass is 9.97. The molecule has 1 aromatic heterocycles. The second kappa shape index (κ2) is 9.16. The van der Waals surface area contributed by atoms with Gasteiger partial charge in [-0.05, 0) is 34.6 Å². The van der Waals surface area contributed by atoms with Crippen LogP contribution in [0.4, 0.5) is 9.93 Å². The summed E-state index contributed by atoms with van der Waals surface area (Å²) in [5, 5.41) is 21.5. The summed E-state index contributed by atoms with van der Waals surface area (Å²) in [7, 11) is 0. The van der Waals surface area contributed by atoms with E-state index < -0.39 is 47.2 Å². The number of hydrogen-bond acceptors (Lipinski definition) is 9. The maximum atomic E-state index is 12.9. The number of carbonyl (C=O) groups excluding carboxylic acids is 3. The molecule has 13 heteroatoms. The first-order valence-corrected chi connectivity index (χ1v) is 10.4. The Morgan fingerprint density at radius 1 is 1.32 bits per heavy atom. The van der Waals surface area contributed by atoms with Gasteiger partial charge in [-0.1, -0.05) is 0 Å². The van der Waals surface area contributed by atoms with E-state index in [1.165, 1.54) is 19.2 Å². The molecule has 0 aliphatic carbocycles. The van der Waals surface area contributed by atoms with Crippen LogP contribution in [0.2, 0.25) is 0 Å². The third-order valence-electron chi connectivity index (χ3n) is 4.29. The summed E-state index contributed by atoms with van der Waals surface area (Å²) in [4.78, 5) is 52.4. The summed E-state index contributed by atoms with van der Waals surface area (Å²) in [6.45, 7) is 8.05. The lowest BCUT2D eigenvalue weighted by molar-refractivity contribution is -0.144. The van der Waals surface area contributed by atoms with Gasteiger partial charge in [0, 0.05) is 11.9 Å². The number of carboxylic acid groups (broad SMARTS) is 1. The Kier molecular flexibility index (Phi) is 7.24. The van der Waals surface area contributed by atoms with Gasteiger partial charge in [-0.2, -0.15) is 0 Å². The van der Waals surface area contributed by atoms with Gasteiger partial charge in [0.05, 0.1) is 11.7 Å². The second-order valence-corrected chi connectivity index (χ2v) is 9.41. The summed E-state index contributed by atoms with van der Waals surface area (Å²) in [5.41, 5.74) is 3.54. The first-order chi connectivity index (χ1) is 14.2. The standard InChI is InChI=1S/C18H28N6O6S/c1-17(2,3)30-16(29)23-15-21-9(7-31-15)11(24-18(4,5)14(27)28)13(26)22-10-8(6-19)20-12(10)25/h7-8,10-11,24H,6,19H2,1-5H3,(H,20,25)(H,22,26)(H,27,28)(H,21,23,29)/t8-,10+,11?/m1/s1. The molecule has 2 rings (SSSR count). The zero-order valence-electron chi connectivity index (χ0n) is 17.9. The van der Waals surface area contributed by atoms with E-state index >= 15 is 0 Å². The number of nitrogens with zero attached hydrogens (tertiary/aromatic N) is 1. The highest BCUT2D eigenvalue weighted by atomic mass is 32.1. The van der Waals surface area contributed by atoms with E-state index in [1.54, 1.807) is 20.8 Å². The molecule has 3 atom stereocenters. The average Bonchev–Trinajstić information content (AvgIpc) is 3.08. The van der Waals surface area contributed by atoms with Crippen molar-refractivity contribution in [1.82, 2.24) is 20.9 Å². The minimum atomic E-state index is -1.49. The Morgan fingerprint density at radius 3 is 2.48 bits per heavy atom. The Hall–Kier alpha value is -2.77. The van der Waals surface area contributed by atoms with Gasteiger partial charge in [0.15, 0.2) is 5.13 Å². The number of carbonyl (C=O) groups is 4. The monoisotopic (exact) mass is 456 g/mol. The maximum absolute atomic E-state index is 12.9. The summed E-state index contributed by atoms with van der Waals surface area (Å²) < 4.78 is 5.17. The number of nitrogens with one attached hydrogen (secondary N) is 4. The van der Waals surface area contributed by atoms with E-state index in [9.17, 15) is 24.3 Å². The fourth-order valence-corrected chi connectivity index (χ4v) is 3.33. The Bertz CT molecular complexity index is 864. The SMILES string of the molecule is CC(C)(C)OC(=O)Nc1nc(C(NC(C)(C)C(=O)O)C(=O)N[C@@H]2C(=O)N[C@@H]2CN)cs1. The quantitative estimate of drug-likeness (QED) is 0.291. The largest absolute Gasteiger partial charge is 0.480 e. The van der Waals surface area contributed by atoms with Crippen LogP contribution >= 0.6 is 11.3 Å². The fraction of sp³-hybridized carbons (Fsp3) is 0.611. The highest BCUT2D eigenvalue weighted by Crippen LogP contribution is 2.24. The normalized spacial score (nSPS) is 19.6. The zero-order chi connectivity index (χ0) is 23.6. The van der Waals surface area contributed by atoms with Gasteiger partial charge in [-0.25, -0.2) is 9.78 Å². The molecule has 2 heterocycles. The van der Waals surface area contributed by atoms with Crippen molar-refractivity contribution in [3.63, 3.8) is 0 Å². The van der Waals surface area contributed by atoms with Crippen molar-refractivity contribution in [2.24, 2.45) is 5.73 Å². The molecular formula is C18H28N6O6S. The fourth-order valence-electron chi connectivity index (χ4n) is 2.60. The molecular weight excluding hydrogens is 428 g/mol. The number of aliphatic carboxylic acids is 1. The summed E-state index contributed by atoms with van der Waals surface area (Å²) in [6, 6.07) is -2.44. The Morgan fingerprint density at radius 2 is 1.97 bits per heavy atom. The molecule has 172 valence electrons. The Labute approximate surface area is 183 Å². The molecule has 12 nitrogen and oxygen atoms in total. The van der Waals surface area contributed by atoms with E-state index in [1.807, 2.05) is 0 Å². The van der Waals surface area contributed by atoms with E-state index in [0.717, 1.165) is 11.3 Å². The van der Waals surface area contributed by atoms with Crippen molar-refractivity contribution in [1.29, 1.82) is 0 Å². The highest BCUT2D eigenvalue weighted by Gasteiger charge is 2.42. The van der Waals surface area contributed by atoms with E-state index in [4.69, 9.17) is 10.5 Å². The van der Waals surface area contributed by atoms with Crippen LogP contribution in [0.3, 0.4) is 0 Å². The summed E-state index contributed by atoms with van der Waals surface area (Å²) >= 11 is 1.04. The molecule has 0 radical (unpaired) electrons. The number of β-lactam (4-membered cyclic amide) rings is 1. The number of thiazole rings is 1. The van der Waals surface area contributed by atoms with Gasteiger partial charge >= 0.3 is 12.1 Å². The maximum Gasteiger partial charge on any atom is 0.413 e. The number of amides is 3. The van der Waals surface area contributed by atoms with Crippen molar-refractivity contribution in [3.05, 3.63) is 11.1 Å². The first-order valence-electron chi connectivity index (χ1n) is 9.51. The van der Waals surface area contributed by atoms with Crippen LogP contribution in [0.5, 0.6) is 0 Å². The van der Waals surface area contributed by atoms with Gasteiger partial charge in [-0.15, -0.1) is 11.3 Å². The minimum absolute atomic E-state index is 0.135. The van der Waals surface area contributed by atoms with E-state index in [2.05, 4.69) is 26.3 Å². The average molecular weight is 457 g/mol. The van der Waals surface area contributed by atoms with Crippen molar-refractivity contribution in [2.45, 2.75) is 63.9 Å². The van der Waals surface area contributed by atoms with Gasteiger partial charge in [-0.3, -0.25) is 25.0 Å². The van der Waals surface area contributed by atoms with Crippen molar-refractivity contribution in [2.75, 3.05) is 11.9 Å². The molecule has 1 fully saturated rings. The number of rotatable bonds is 8. The first kappa shape index (κ1) is 24.5.